The van der Waals surface area contributed by atoms with Crippen LogP contribution in [-0.4, -0.2) is 47.9 Å². The molecule has 0 aliphatic carbocycles. The van der Waals surface area contributed by atoms with Crippen LogP contribution in [0.25, 0.3) is 10.4 Å². The van der Waals surface area contributed by atoms with Gasteiger partial charge in [-0.05, 0) is 25.1 Å². The fraction of sp³-hybridized carbons (Fsp3) is 0.421. The maximum Gasteiger partial charge on any atom is 0.224 e. The highest BCUT2D eigenvalue weighted by molar-refractivity contribution is 7.15. The van der Waals surface area contributed by atoms with Gasteiger partial charge in [0.1, 0.15) is 5.82 Å². The van der Waals surface area contributed by atoms with Crippen LogP contribution in [0.4, 0.5) is 4.39 Å². The summed E-state index contributed by atoms with van der Waals surface area (Å²) in [5.41, 5.74) is 6.36. The van der Waals surface area contributed by atoms with Gasteiger partial charge in [0.25, 0.3) is 0 Å². The lowest BCUT2D eigenvalue weighted by Gasteiger charge is -2.34. The molecule has 3 rings (SSSR count). The molecule has 6 heteroatoms. The van der Waals surface area contributed by atoms with Gasteiger partial charge in [-0.25, -0.2) is 4.39 Å². The normalized spacial score (nSPS) is 16.8. The van der Waals surface area contributed by atoms with E-state index in [0.29, 0.717) is 12.0 Å². The van der Waals surface area contributed by atoms with Gasteiger partial charge in [0, 0.05) is 60.5 Å². The van der Waals surface area contributed by atoms with E-state index in [1.165, 1.54) is 10.9 Å². The summed E-state index contributed by atoms with van der Waals surface area (Å²) in [5.74, 6) is -0.0372. The lowest BCUT2D eigenvalue weighted by Crippen LogP contribution is -2.49. The highest BCUT2D eigenvalue weighted by Crippen LogP contribution is 2.30. The van der Waals surface area contributed by atoms with Crippen LogP contribution in [0.5, 0.6) is 0 Å². The molecule has 1 aromatic heterocycles. The highest BCUT2D eigenvalue weighted by Gasteiger charge is 2.22. The van der Waals surface area contributed by atoms with E-state index >= 15 is 0 Å². The van der Waals surface area contributed by atoms with Gasteiger partial charge in [0.05, 0.1) is 0 Å². The minimum Gasteiger partial charge on any atom is -0.340 e. The molecular formula is C19H24FN3OS. The monoisotopic (exact) mass is 361 g/mol. The predicted octanol–water partition coefficient (Wildman–Crippen LogP) is 2.94. The first kappa shape index (κ1) is 18.0. The van der Waals surface area contributed by atoms with E-state index in [1.807, 2.05) is 30.0 Å². The summed E-state index contributed by atoms with van der Waals surface area (Å²) in [4.78, 5) is 18.5. The summed E-state index contributed by atoms with van der Waals surface area (Å²) < 4.78 is 13.9. The zero-order valence-corrected chi connectivity index (χ0v) is 15.3. The standard InChI is InChI=1S/C19H24FN3OS/c1-14(21)12-19(24)23-10-8-22(9-11-23)13-15-6-7-18(25-15)16-4-2-3-5-17(16)20/h2-7,14H,8-13,21H2,1H3. The Bertz CT molecular complexity index is 723. The second-order valence-electron chi connectivity index (χ2n) is 6.58. The van der Waals surface area contributed by atoms with Gasteiger partial charge < -0.3 is 10.6 Å². The number of halogens is 1. The second kappa shape index (κ2) is 8.08. The van der Waals surface area contributed by atoms with E-state index in [9.17, 15) is 9.18 Å². The fourth-order valence-electron chi connectivity index (χ4n) is 3.05. The first-order valence-corrected chi connectivity index (χ1v) is 9.44. The molecule has 134 valence electrons. The Morgan fingerprint density at radius 1 is 1.20 bits per heavy atom. The zero-order valence-electron chi connectivity index (χ0n) is 14.5. The smallest absolute Gasteiger partial charge is 0.224 e. The molecule has 1 unspecified atom stereocenters. The third kappa shape index (κ3) is 4.66. The second-order valence-corrected chi connectivity index (χ2v) is 7.75. The first-order chi connectivity index (χ1) is 12.0. The molecule has 1 fully saturated rings. The Balaban J connectivity index is 1.55. The predicted molar refractivity (Wildman–Crippen MR) is 99.8 cm³/mol. The molecule has 2 heterocycles. The summed E-state index contributed by atoms with van der Waals surface area (Å²) in [6, 6.07) is 10.8. The van der Waals surface area contributed by atoms with E-state index in [4.69, 9.17) is 5.73 Å². The molecule has 1 aromatic carbocycles. The number of rotatable bonds is 5. The maximum atomic E-state index is 13.9. The summed E-state index contributed by atoms with van der Waals surface area (Å²) in [6.07, 6.45) is 0.414. The average molecular weight is 361 g/mol. The van der Waals surface area contributed by atoms with Crippen LogP contribution in [0.3, 0.4) is 0 Å². The van der Waals surface area contributed by atoms with Gasteiger partial charge in [0.2, 0.25) is 5.91 Å². The SMILES string of the molecule is CC(N)CC(=O)N1CCN(Cc2ccc(-c3ccccc3F)s2)CC1. The van der Waals surface area contributed by atoms with Crippen molar-refractivity contribution in [3.8, 4) is 10.4 Å². The number of carbonyl (C=O) groups excluding carboxylic acids is 1. The van der Waals surface area contributed by atoms with E-state index < -0.39 is 0 Å². The first-order valence-electron chi connectivity index (χ1n) is 8.62. The third-order valence-corrected chi connectivity index (χ3v) is 5.51. The van der Waals surface area contributed by atoms with Crippen molar-refractivity contribution >= 4 is 17.2 Å². The molecule has 1 saturated heterocycles. The number of benzene rings is 1. The van der Waals surface area contributed by atoms with Crippen molar-refractivity contribution in [1.29, 1.82) is 0 Å². The van der Waals surface area contributed by atoms with E-state index in [1.54, 1.807) is 17.4 Å². The minimum absolute atomic E-state index is 0.0894. The molecule has 1 atom stereocenters. The summed E-state index contributed by atoms with van der Waals surface area (Å²) in [7, 11) is 0. The van der Waals surface area contributed by atoms with Crippen molar-refractivity contribution in [3.63, 3.8) is 0 Å². The van der Waals surface area contributed by atoms with Crippen LogP contribution in [-0.2, 0) is 11.3 Å². The Kier molecular flexibility index (Phi) is 5.83. The minimum atomic E-state index is -0.183. The molecule has 1 amide bonds. The maximum absolute atomic E-state index is 13.9. The summed E-state index contributed by atoms with van der Waals surface area (Å²) >= 11 is 1.63. The van der Waals surface area contributed by atoms with Gasteiger partial charge >= 0.3 is 0 Å². The molecule has 0 radical (unpaired) electrons. The molecule has 1 aliphatic rings. The Hall–Kier alpha value is -1.76. The van der Waals surface area contributed by atoms with Gasteiger partial charge in [-0.15, -0.1) is 11.3 Å². The number of piperazine rings is 1. The molecule has 2 N–H and O–H groups in total. The molecule has 25 heavy (non-hydrogen) atoms. The van der Waals surface area contributed by atoms with Crippen molar-refractivity contribution in [2.24, 2.45) is 5.73 Å². The van der Waals surface area contributed by atoms with Crippen molar-refractivity contribution in [2.45, 2.75) is 25.9 Å². The topological polar surface area (TPSA) is 49.6 Å². The number of amides is 1. The molecule has 4 nitrogen and oxygen atoms in total. The number of carbonyl (C=O) groups is 1. The van der Waals surface area contributed by atoms with Gasteiger partial charge in [0.15, 0.2) is 0 Å². The van der Waals surface area contributed by atoms with E-state index in [-0.39, 0.29) is 17.8 Å². The fourth-order valence-corrected chi connectivity index (χ4v) is 4.13. The van der Waals surface area contributed by atoms with Crippen molar-refractivity contribution in [1.82, 2.24) is 9.80 Å². The average Bonchev–Trinajstić information content (AvgIpc) is 3.03. The summed E-state index contributed by atoms with van der Waals surface area (Å²) in [5, 5.41) is 0. The molecule has 1 aliphatic heterocycles. The molecular weight excluding hydrogens is 337 g/mol. The van der Waals surface area contributed by atoms with Gasteiger partial charge in [-0.3, -0.25) is 9.69 Å². The molecule has 0 spiro atoms. The quantitative estimate of drug-likeness (QED) is 0.891. The molecule has 0 saturated carbocycles. The lowest BCUT2D eigenvalue weighted by atomic mass is 10.2. The van der Waals surface area contributed by atoms with Crippen molar-refractivity contribution in [3.05, 3.63) is 47.1 Å². The van der Waals surface area contributed by atoms with Crippen LogP contribution in [0.2, 0.25) is 0 Å². The number of hydrogen-bond donors (Lipinski definition) is 1. The Morgan fingerprint density at radius 2 is 1.92 bits per heavy atom. The van der Waals surface area contributed by atoms with Crippen LogP contribution < -0.4 is 5.73 Å². The highest BCUT2D eigenvalue weighted by atomic mass is 32.1. The molecule has 2 aromatic rings. The van der Waals surface area contributed by atoms with Gasteiger partial charge in [-0.2, -0.15) is 0 Å². The Labute approximate surface area is 152 Å². The van der Waals surface area contributed by atoms with Crippen LogP contribution in [0, 0.1) is 5.82 Å². The zero-order chi connectivity index (χ0) is 17.8. The van der Waals surface area contributed by atoms with Crippen molar-refractivity contribution in [2.75, 3.05) is 26.2 Å². The number of nitrogens with two attached hydrogens (primary N) is 1. The van der Waals surface area contributed by atoms with Crippen LogP contribution in [0.15, 0.2) is 36.4 Å². The largest absolute Gasteiger partial charge is 0.340 e. The Morgan fingerprint density at radius 3 is 2.60 bits per heavy atom. The number of nitrogens with zero attached hydrogens (tertiary/aromatic N) is 2. The lowest BCUT2D eigenvalue weighted by molar-refractivity contribution is -0.133. The summed E-state index contributed by atoms with van der Waals surface area (Å²) in [6.45, 7) is 5.91. The van der Waals surface area contributed by atoms with E-state index in [2.05, 4.69) is 11.0 Å². The van der Waals surface area contributed by atoms with Crippen LogP contribution in [0.1, 0.15) is 18.2 Å². The van der Waals surface area contributed by atoms with Crippen LogP contribution >= 0.6 is 11.3 Å². The number of hydrogen-bond acceptors (Lipinski definition) is 4. The van der Waals surface area contributed by atoms with Gasteiger partial charge in [-0.1, -0.05) is 18.2 Å². The molecule has 0 bridgehead atoms. The van der Waals surface area contributed by atoms with E-state index in [0.717, 1.165) is 37.6 Å². The third-order valence-electron chi connectivity index (χ3n) is 4.40. The number of thiophene rings is 1. The van der Waals surface area contributed by atoms with Crippen molar-refractivity contribution < 1.29 is 9.18 Å².